The summed E-state index contributed by atoms with van der Waals surface area (Å²) in [6.45, 7) is 2.83. The molecule has 1 unspecified atom stereocenters. The second-order valence-electron chi connectivity index (χ2n) is 6.94. The molecule has 0 saturated heterocycles. The van der Waals surface area contributed by atoms with Crippen molar-refractivity contribution in [2.75, 3.05) is 13.7 Å². The minimum Gasteiger partial charge on any atom is -0.497 e. The molecule has 2 heterocycles. The predicted molar refractivity (Wildman–Crippen MR) is 104 cm³/mol. The molecule has 4 rings (SSSR count). The number of ether oxygens (including phenoxy) is 2. The van der Waals surface area contributed by atoms with Crippen LogP contribution >= 0.6 is 0 Å². The van der Waals surface area contributed by atoms with Gasteiger partial charge in [-0.05, 0) is 24.6 Å². The fourth-order valence-corrected chi connectivity index (χ4v) is 3.43. The van der Waals surface area contributed by atoms with Gasteiger partial charge < -0.3 is 14.8 Å². The first kappa shape index (κ1) is 18.2. The van der Waals surface area contributed by atoms with Crippen molar-refractivity contribution >= 4 is 5.91 Å². The first-order valence-electron chi connectivity index (χ1n) is 9.11. The van der Waals surface area contributed by atoms with Crippen LogP contribution in [0.5, 0.6) is 5.75 Å². The lowest BCUT2D eigenvalue weighted by Crippen LogP contribution is -2.52. The van der Waals surface area contributed by atoms with Crippen LogP contribution in [0.2, 0.25) is 0 Å². The smallest absolute Gasteiger partial charge is 0.248 e. The average Bonchev–Trinajstić information content (AvgIpc) is 3.18. The quantitative estimate of drug-likeness (QED) is 0.738. The van der Waals surface area contributed by atoms with Gasteiger partial charge in [-0.1, -0.05) is 42.5 Å². The summed E-state index contributed by atoms with van der Waals surface area (Å²) in [5.41, 5.74) is 0.927. The second-order valence-corrected chi connectivity index (χ2v) is 6.94. The molecule has 7 nitrogen and oxygen atoms in total. The molecule has 28 heavy (non-hydrogen) atoms. The zero-order valence-corrected chi connectivity index (χ0v) is 15.9. The number of hydrogen-bond acceptors (Lipinski definition) is 5. The van der Waals surface area contributed by atoms with E-state index < -0.39 is 5.54 Å². The molecule has 144 valence electrons. The first-order chi connectivity index (χ1) is 13.6. The van der Waals surface area contributed by atoms with Crippen molar-refractivity contribution in [1.82, 2.24) is 20.1 Å². The molecule has 1 aliphatic heterocycles. The van der Waals surface area contributed by atoms with Gasteiger partial charge in [-0.2, -0.15) is 0 Å². The predicted octanol–water partition coefficient (Wildman–Crippen LogP) is 2.52. The van der Waals surface area contributed by atoms with E-state index in [1.165, 1.54) is 0 Å². The number of fused-ring (bicyclic) bond motifs is 1. The topological polar surface area (TPSA) is 78.3 Å². The Balaban J connectivity index is 1.61. The second kappa shape index (κ2) is 7.44. The van der Waals surface area contributed by atoms with Crippen molar-refractivity contribution in [1.29, 1.82) is 0 Å². The summed E-state index contributed by atoms with van der Waals surface area (Å²) in [4.78, 5) is 13.2. The molecule has 1 aliphatic rings. The summed E-state index contributed by atoms with van der Waals surface area (Å²) >= 11 is 0. The van der Waals surface area contributed by atoms with Gasteiger partial charge in [0.1, 0.15) is 17.9 Å². The van der Waals surface area contributed by atoms with Crippen molar-refractivity contribution in [3.63, 3.8) is 0 Å². The highest BCUT2D eigenvalue weighted by molar-refractivity contribution is 5.85. The van der Waals surface area contributed by atoms with Crippen LogP contribution in [0.3, 0.4) is 0 Å². The first-order valence-corrected chi connectivity index (χ1v) is 9.11. The molecule has 1 aromatic heterocycles. The van der Waals surface area contributed by atoms with Crippen LogP contribution in [0, 0.1) is 0 Å². The van der Waals surface area contributed by atoms with E-state index in [1.807, 2.05) is 66.1 Å². The highest BCUT2D eigenvalue weighted by atomic mass is 16.5. The largest absolute Gasteiger partial charge is 0.497 e. The lowest BCUT2D eigenvalue weighted by molar-refractivity contribution is -0.135. The van der Waals surface area contributed by atoms with Crippen LogP contribution in [-0.2, 0) is 28.2 Å². The zero-order valence-electron chi connectivity index (χ0n) is 15.9. The molecular weight excluding hydrogens is 356 g/mol. The Bertz CT molecular complexity index is 986. The third kappa shape index (κ3) is 3.25. The maximum atomic E-state index is 13.2. The standard InChI is InChI=1S/C21H22N4O3/c1-21(20(26)22-12-15-7-6-10-17(11-15)27-2)14-28-13-18-23-24-19(25(18)21)16-8-4-3-5-9-16/h3-11H,12-14H2,1-2H3,(H,22,26). The van der Waals surface area contributed by atoms with Gasteiger partial charge in [0.2, 0.25) is 5.91 Å². The van der Waals surface area contributed by atoms with Gasteiger partial charge in [-0.15, -0.1) is 10.2 Å². The number of methoxy groups -OCH3 is 1. The van der Waals surface area contributed by atoms with Gasteiger partial charge in [0.15, 0.2) is 11.6 Å². The number of benzene rings is 2. The molecule has 7 heteroatoms. The monoisotopic (exact) mass is 378 g/mol. The Morgan fingerprint density at radius 1 is 1.21 bits per heavy atom. The number of carbonyl (C=O) groups excluding carboxylic acids is 1. The van der Waals surface area contributed by atoms with Gasteiger partial charge in [0, 0.05) is 12.1 Å². The van der Waals surface area contributed by atoms with Gasteiger partial charge >= 0.3 is 0 Å². The van der Waals surface area contributed by atoms with Crippen LogP contribution in [0.15, 0.2) is 54.6 Å². The van der Waals surface area contributed by atoms with E-state index in [-0.39, 0.29) is 12.5 Å². The highest BCUT2D eigenvalue weighted by Crippen LogP contribution is 2.31. The maximum absolute atomic E-state index is 13.2. The van der Waals surface area contributed by atoms with Crippen molar-refractivity contribution in [3.8, 4) is 17.1 Å². The molecule has 0 spiro atoms. The number of carbonyl (C=O) groups is 1. The van der Waals surface area contributed by atoms with Crippen molar-refractivity contribution < 1.29 is 14.3 Å². The van der Waals surface area contributed by atoms with Crippen molar-refractivity contribution in [2.24, 2.45) is 0 Å². The molecule has 3 aromatic rings. The van der Waals surface area contributed by atoms with Crippen molar-refractivity contribution in [2.45, 2.75) is 25.6 Å². The molecule has 0 bridgehead atoms. The van der Waals surface area contributed by atoms with E-state index in [4.69, 9.17) is 9.47 Å². The van der Waals surface area contributed by atoms with Crippen LogP contribution in [-0.4, -0.2) is 34.4 Å². The van der Waals surface area contributed by atoms with E-state index in [1.54, 1.807) is 7.11 Å². The number of hydrogen-bond donors (Lipinski definition) is 1. The van der Waals surface area contributed by atoms with E-state index >= 15 is 0 Å². The minimum atomic E-state index is -0.943. The summed E-state index contributed by atoms with van der Waals surface area (Å²) in [6, 6.07) is 17.4. The third-order valence-electron chi connectivity index (χ3n) is 4.95. The molecule has 0 aliphatic carbocycles. The fraction of sp³-hybridized carbons (Fsp3) is 0.286. The fourth-order valence-electron chi connectivity index (χ4n) is 3.43. The number of amides is 1. The molecule has 0 radical (unpaired) electrons. The Kier molecular flexibility index (Phi) is 4.83. The van der Waals surface area contributed by atoms with Gasteiger partial charge in [-0.3, -0.25) is 9.36 Å². The van der Waals surface area contributed by atoms with Gasteiger partial charge in [0.25, 0.3) is 0 Å². The normalized spacial score (nSPS) is 18.4. The van der Waals surface area contributed by atoms with Crippen LogP contribution in [0.4, 0.5) is 0 Å². The summed E-state index contributed by atoms with van der Waals surface area (Å²) in [5, 5.41) is 11.6. The Morgan fingerprint density at radius 3 is 2.82 bits per heavy atom. The highest BCUT2D eigenvalue weighted by Gasteiger charge is 2.42. The maximum Gasteiger partial charge on any atom is 0.248 e. The summed E-state index contributed by atoms with van der Waals surface area (Å²) in [7, 11) is 1.62. The summed E-state index contributed by atoms with van der Waals surface area (Å²) in [5.74, 6) is 1.92. The SMILES string of the molecule is COc1cccc(CNC(=O)C2(C)COCc3nnc(-c4ccccc4)n32)c1. The number of rotatable bonds is 5. The summed E-state index contributed by atoms with van der Waals surface area (Å²) in [6.07, 6.45) is 0. The summed E-state index contributed by atoms with van der Waals surface area (Å²) < 4.78 is 12.8. The van der Waals surface area contributed by atoms with Crippen LogP contribution in [0.1, 0.15) is 18.3 Å². The van der Waals surface area contributed by atoms with E-state index in [0.29, 0.717) is 24.8 Å². The third-order valence-corrected chi connectivity index (χ3v) is 4.95. The Labute approximate surface area is 163 Å². The number of nitrogens with one attached hydrogen (secondary N) is 1. The van der Waals surface area contributed by atoms with Crippen molar-refractivity contribution in [3.05, 3.63) is 66.0 Å². The number of aromatic nitrogens is 3. The van der Waals surface area contributed by atoms with Gasteiger partial charge in [0.05, 0.1) is 13.7 Å². The van der Waals surface area contributed by atoms with E-state index in [0.717, 1.165) is 16.9 Å². The molecule has 2 aromatic carbocycles. The molecule has 1 atom stereocenters. The lowest BCUT2D eigenvalue weighted by atomic mass is 9.99. The molecular formula is C21H22N4O3. The van der Waals surface area contributed by atoms with Crippen LogP contribution < -0.4 is 10.1 Å². The molecule has 1 N–H and O–H groups in total. The number of nitrogens with zero attached hydrogens (tertiary/aromatic N) is 3. The lowest BCUT2D eigenvalue weighted by Gasteiger charge is -2.35. The molecule has 1 amide bonds. The average molecular weight is 378 g/mol. The zero-order chi connectivity index (χ0) is 19.6. The Morgan fingerprint density at radius 2 is 2.04 bits per heavy atom. The van der Waals surface area contributed by atoms with E-state index in [9.17, 15) is 4.79 Å². The molecule has 0 fully saturated rings. The minimum absolute atomic E-state index is 0.145. The Hall–Kier alpha value is -3.19. The van der Waals surface area contributed by atoms with E-state index in [2.05, 4.69) is 15.5 Å². The molecule has 0 saturated carbocycles. The van der Waals surface area contributed by atoms with Gasteiger partial charge in [-0.25, -0.2) is 0 Å². The van der Waals surface area contributed by atoms with Crippen LogP contribution in [0.25, 0.3) is 11.4 Å².